The van der Waals surface area contributed by atoms with Gasteiger partial charge in [-0.2, -0.15) is 0 Å². The summed E-state index contributed by atoms with van der Waals surface area (Å²) in [6.07, 6.45) is 8.42. The second-order valence-corrected chi connectivity index (χ2v) is 1.52. The minimum Gasteiger partial charge on any atom is -0.412 e. The molecule has 0 unspecified atom stereocenters. The van der Waals surface area contributed by atoms with Crippen molar-refractivity contribution in [2.24, 2.45) is 0 Å². The molecule has 0 spiro atoms. The van der Waals surface area contributed by atoms with Gasteiger partial charge in [0.05, 0.1) is 0 Å². The van der Waals surface area contributed by atoms with Gasteiger partial charge in [-0.25, -0.2) is 0 Å². The van der Waals surface area contributed by atoms with Gasteiger partial charge in [-0.05, 0) is 6.08 Å². The lowest BCUT2D eigenvalue weighted by atomic mass is 10.2. The lowest BCUT2D eigenvalue weighted by Crippen LogP contribution is -1.89. The highest BCUT2D eigenvalue weighted by atomic mass is 16.0. The monoisotopic (exact) mass is 111 g/mol. The zero-order valence-corrected chi connectivity index (χ0v) is 4.52. The molecule has 0 aliphatic heterocycles. The van der Waals surface area contributed by atoms with Gasteiger partial charge < -0.3 is 10.9 Å². The maximum atomic E-state index is 7.05. The third-order valence-electron chi connectivity index (χ3n) is 0.882. The number of allylic oxidation sites excluding steroid dienone is 4. The van der Waals surface area contributed by atoms with Gasteiger partial charge in [-0.1, -0.05) is 18.2 Å². The van der Waals surface area contributed by atoms with Crippen LogP contribution in [0, 0.1) is 5.41 Å². The first-order valence-corrected chi connectivity index (χ1v) is 2.30. The zero-order chi connectivity index (χ0) is 5.11. The van der Waals surface area contributed by atoms with E-state index in [1.54, 1.807) is 6.08 Å². The average molecular weight is 111 g/mol. The van der Waals surface area contributed by atoms with Crippen molar-refractivity contribution >= 4 is 5.71 Å². The van der Waals surface area contributed by atoms with E-state index in [-0.39, 0.29) is 5.48 Å². The lowest BCUT2D eigenvalue weighted by molar-refractivity contribution is 0.824. The maximum absolute atomic E-state index is 7.05. The van der Waals surface area contributed by atoms with Crippen LogP contribution in [0.1, 0.15) is 6.42 Å². The summed E-state index contributed by atoms with van der Waals surface area (Å²) in [5.41, 5.74) is 0.697. The predicted molar refractivity (Wildman–Crippen MR) is 34.2 cm³/mol. The van der Waals surface area contributed by atoms with Crippen LogP contribution in [-0.2, 0) is 0 Å². The van der Waals surface area contributed by atoms with Crippen molar-refractivity contribution in [3.8, 4) is 0 Å². The summed E-state index contributed by atoms with van der Waals surface area (Å²) in [4.78, 5) is 0. The Kier molecular flexibility index (Phi) is 2.80. The molecule has 0 atom stereocenters. The highest BCUT2D eigenvalue weighted by Gasteiger charge is 1.87. The number of nitrogens with one attached hydrogen (secondary N) is 1. The molecular weight excluding hydrogens is 102 g/mol. The molecule has 0 saturated heterocycles. The average Bonchev–Trinajstić information content (AvgIpc) is 1.69. The smallest absolute Gasteiger partial charge is 0.0351 e. The molecule has 0 fully saturated rings. The standard InChI is InChI=1S/C6H7N.H2O/c7-6-4-2-1-3-5-6;/h1-4,7H,5H2;1H2. The Labute approximate surface area is 48.3 Å². The molecule has 0 aromatic rings. The van der Waals surface area contributed by atoms with Crippen molar-refractivity contribution in [1.29, 1.82) is 5.41 Å². The first kappa shape index (κ1) is 7.11. The third kappa shape index (κ3) is 1.71. The molecule has 0 saturated carbocycles. The molecule has 0 bridgehead atoms. The Morgan fingerprint density at radius 2 is 2.12 bits per heavy atom. The van der Waals surface area contributed by atoms with Gasteiger partial charge in [-0.15, -0.1) is 0 Å². The molecule has 0 heterocycles. The Bertz CT molecular complexity index is 135. The van der Waals surface area contributed by atoms with Crippen LogP contribution >= 0.6 is 0 Å². The van der Waals surface area contributed by atoms with Crippen LogP contribution in [0.3, 0.4) is 0 Å². The van der Waals surface area contributed by atoms with Crippen molar-refractivity contribution in [2.75, 3.05) is 0 Å². The fraction of sp³-hybridized carbons (Fsp3) is 0.167. The fourth-order valence-corrected chi connectivity index (χ4v) is 0.513. The van der Waals surface area contributed by atoms with Crippen molar-refractivity contribution in [3.05, 3.63) is 24.3 Å². The van der Waals surface area contributed by atoms with E-state index in [2.05, 4.69) is 0 Å². The van der Waals surface area contributed by atoms with Crippen molar-refractivity contribution in [1.82, 2.24) is 0 Å². The minimum atomic E-state index is 0. The molecule has 8 heavy (non-hydrogen) atoms. The van der Waals surface area contributed by atoms with Gasteiger partial charge in [0.25, 0.3) is 0 Å². The van der Waals surface area contributed by atoms with E-state index in [0.717, 1.165) is 6.42 Å². The number of hydrogen-bond donors (Lipinski definition) is 1. The van der Waals surface area contributed by atoms with Crippen LogP contribution in [0.2, 0.25) is 0 Å². The summed E-state index contributed by atoms with van der Waals surface area (Å²) in [6.45, 7) is 0. The van der Waals surface area contributed by atoms with Crippen LogP contribution in [0.5, 0.6) is 0 Å². The van der Waals surface area contributed by atoms with E-state index in [1.807, 2.05) is 18.2 Å². The van der Waals surface area contributed by atoms with Crippen LogP contribution in [0.4, 0.5) is 0 Å². The highest BCUT2D eigenvalue weighted by Crippen LogP contribution is 1.94. The largest absolute Gasteiger partial charge is 0.412 e. The van der Waals surface area contributed by atoms with E-state index in [4.69, 9.17) is 5.41 Å². The zero-order valence-electron chi connectivity index (χ0n) is 4.52. The number of hydrogen-bond acceptors (Lipinski definition) is 1. The van der Waals surface area contributed by atoms with E-state index >= 15 is 0 Å². The maximum Gasteiger partial charge on any atom is 0.0351 e. The Morgan fingerprint density at radius 1 is 1.38 bits per heavy atom. The van der Waals surface area contributed by atoms with Crippen molar-refractivity contribution < 1.29 is 5.48 Å². The van der Waals surface area contributed by atoms with Gasteiger partial charge in [0.1, 0.15) is 0 Å². The van der Waals surface area contributed by atoms with Gasteiger partial charge in [0.15, 0.2) is 0 Å². The molecule has 0 radical (unpaired) electrons. The van der Waals surface area contributed by atoms with E-state index in [0.29, 0.717) is 5.71 Å². The van der Waals surface area contributed by atoms with Gasteiger partial charge >= 0.3 is 0 Å². The Hall–Kier alpha value is -0.890. The Balaban J connectivity index is 0.000000490. The van der Waals surface area contributed by atoms with Crippen LogP contribution in [-0.4, -0.2) is 11.2 Å². The fourth-order valence-electron chi connectivity index (χ4n) is 0.513. The normalized spacial score (nSPS) is 15.8. The second-order valence-electron chi connectivity index (χ2n) is 1.52. The third-order valence-corrected chi connectivity index (χ3v) is 0.882. The molecule has 3 N–H and O–H groups in total. The summed E-state index contributed by atoms with van der Waals surface area (Å²) in [5.74, 6) is 0. The minimum absolute atomic E-state index is 0. The Morgan fingerprint density at radius 3 is 2.38 bits per heavy atom. The highest BCUT2D eigenvalue weighted by molar-refractivity contribution is 5.94. The summed E-state index contributed by atoms with van der Waals surface area (Å²) in [6, 6.07) is 0. The van der Waals surface area contributed by atoms with E-state index in [1.165, 1.54) is 0 Å². The molecule has 0 aromatic heterocycles. The summed E-state index contributed by atoms with van der Waals surface area (Å²) in [5, 5.41) is 7.05. The topological polar surface area (TPSA) is 55.4 Å². The summed E-state index contributed by atoms with van der Waals surface area (Å²) >= 11 is 0. The first-order valence-electron chi connectivity index (χ1n) is 2.30. The van der Waals surface area contributed by atoms with Crippen LogP contribution < -0.4 is 0 Å². The lowest BCUT2D eigenvalue weighted by Gasteiger charge is -1.92. The molecule has 2 nitrogen and oxygen atoms in total. The van der Waals surface area contributed by atoms with Gasteiger partial charge in [-0.3, -0.25) is 0 Å². The number of rotatable bonds is 0. The van der Waals surface area contributed by atoms with Crippen molar-refractivity contribution in [2.45, 2.75) is 6.42 Å². The van der Waals surface area contributed by atoms with Crippen LogP contribution in [0.15, 0.2) is 24.3 Å². The quantitative estimate of drug-likeness (QED) is 0.478. The van der Waals surface area contributed by atoms with Gasteiger partial charge in [0.2, 0.25) is 0 Å². The summed E-state index contributed by atoms with van der Waals surface area (Å²) < 4.78 is 0. The molecule has 0 aromatic carbocycles. The molecular formula is C6H9NO. The van der Waals surface area contributed by atoms with Gasteiger partial charge in [0, 0.05) is 12.1 Å². The predicted octanol–water partition coefficient (Wildman–Crippen LogP) is 0.698. The molecule has 44 valence electrons. The molecule has 1 aliphatic carbocycles. The molecule has 1 aliphatic rings. The molecule has 2 heteroatoms. The summed E-state index contributed by atoms with van der Waals surface area (Å²) in [7, 11) is 0. The van der Waals surface area contributed by atoms with E-state index < -0.39 is 0 Å². The molecule has 1 rings (SSSR count). The van der Waals surface area contributed by atoms with Crippen LogP contribution in [0.25, 0.3) is 0 Å². The van der Waals surface area contributed by atoms with Crippen molar-refractivity contribution in [3.63, 3.8) is 0 Å². The molecule has 0 amide bonds. The van der Waals surface area contributed by atoms with E-state index in [9.17, 15) is 0 Å². The first-order chi connectivity index (χ1) is 3.39. The second kappa shape index (κ2) is 3.16. The SMILES string of the molecule is N=C1C=CC=CC1.O.